The van der Waals surface area contributed by atoms with Crippen LogP contribution in [-0.2, 0) is 10.0 Å². The molecule has 0 bridgehead atoms. The second kappa shape index (κ2) is 9.06. The van der Waals surface area contributed by atoms with Crippen LogP contribution >= 0.6 is 11.3 Å². The number of H-pyrrole nitrogens is 1. The van der Waals surface area contributed by atoms with Gasteiger partial charge in [-0.25, -0.2) is 31.9 Å². The van der Waals surface area contributed by atoms with Crippen molar-refractivity contribution in [2.75, 3.05) is 31.1 Å². The molecule has 0 spiro atoms. The highest BCUT2D eigenvalue weighted by molar-refractivity contribution is 7.89. The van der Waals surface area contributed by atoms with Crippen LogP contribution < -0.4 is 9.62 Å². The van der Waals surface area contributed by atoms with Gasteiger partial charge in [0.2, 0.25) is 10.0 Å². The highest BCUT2D eigenvalue weighted by atomic mass is 32.2. The van der Waals surface area contributed by atoms with E-state index in [1.807, 2.05) is 11.8 Å². The Balaban J connectivity index is 1.38. The van der Waals surface area contributed by atoms with Crippen molar-refractivity contribution < 1.29 is 22.0 Å². The van der Waals surface area contributed by atoms with E-state index in [1.165, 1.54) is 12.4 Å². The maximum absolute atomic E-state index is 13.4. The third-order valence-electron chi connectivity index (χ3n) is 6.71. The minimum Gasteiger partial charge on any atom is -0.366 e. The fourth-order valence-corrected chi connectivity index (χ4v) is 6.56. The van der Waals surface area contributed by atoms with Crippen molar-refractivity contribution in [1.29, 1.82) is 0 Å². The van der Waals surface area contributed by atoms with Crippen molar-refractivity contribution in [3.05, 3.63) is 41.7 Å². The van der Waals surface area contributed by atoms with E-state index >= 15 is 0 Å². The number of anilines is 1. The van der Waals surface area contributed by atoms with E-state index < -0.39 is 27.0 Å². The Bertz CT molecular complexity index is 1610. The number of carbonyl (C=O) groups is 1. The molecule has 0 radical (unpaired) electrons. The van der Waals surface area contributed by atoms with Crippen LogP contribution in [0, 0.1) is 0 Å². The number of nitrogens with one attached hydrogen (secondary N) is 2. The number of pyridine rings is 1. The number of carbonyl (C=O) groups excluding carboxylic acids is 1. The molecular weight excluding hydrogens is 540 g/mol. The van der Waals surface area contributed by atoms with Crippen LogP contribution in [0.1, 0.15) is 41.8 Å². The Morgan fingerprint density at radius 3 is 2.58 bits per heavy atom. The molecule has 200 valence electrons. The molecule has 6 rings (SSSR count). The monoisotopic (exact) mass is 563 g/mol. The van der Waals surface area contributed by atoms with Crippen LogP contribution in [0.5, 0.6) is 0 Å². The van der Waals surface area contributed by atoms with Gasteiger partial charge >= 0.3 is 0 Å². The molecule has 4 aromatic rings. The zero-order valence-electron chi connectivity index (χ0n) is 20.1. The number of rotatable bonds is 7. The van der Waals surface area contributed by atoms with Crippen molar-refractivity contribution in [3.63, 3.8) is 0 Å². The number of fused-ring (bicyclic) bond motifs is 1. The van der Waals surface area contributed by atoms with Gasteiger partial charge in [-0.2, -0.15) is 0 Å². The van der Waals surface area contributed by atoms with Gasteiger partial charge in [-0.3, -0.25) is 9.20 Å². The Kier molecular flexibility index (Phi) is 5.92. The number of hydrogen-bond donors (Lipinski definition) is 2. The number of hydrogen-bond acceptors (Lipinski definition) is 9. The molecule has 0 atom stereocenters. The molecule has 38 heavy (non-hydrogen) atoms. The third-order valence-corrected chi connectivity index (χ3v) is 9.24. The molecule has 1 aliphatic heterocycles. The maximum atomic E-state index is 13.4. The number of sulfonamides is 1. The van der Waals surface area contributed by atoms with Gasteiger partial charge in [-0.05, 0) is 25.8 Å². The molecule has 2 N–H and O–H groups in total. The normalized spacial score (nSPS) is 17.5. The number of aromatic amines is 1. The van der Waals surface area contributed by atoms with Gasteiger partial charge in [-0.15, -0.1) is 10.2 Å². The zero-order chi connectivity index (χ0) is 26.7. The lowest BCUT2D eigenvalue weighted by molar-refractivity contribution is 0.0735. The number of alkyl halides is 2. The molecule has 0 aromatic carbocycles. The van der Waals surface area contributed by atoms with Gasteiger partial charge in [-0.1, -0.05) is 11.3 Å². The summed E-state index contributed by atoms with van der Waals surface area (Å²) in [6.45, 7) is 3.51. The predicted octanol–water partition coefficient (Wildman–Crippen LogP) is 2.31. The highest BCUT2D eigenvalue weighted by Gasteiger charge is 2.41. The SMILES string of the molecule is CC1(NS(=O)(=O)c2cc(N3CCN(C(=O)c4ncc[nH]4)CC3)c3cnc(-c4nnc(C(F)F)s4)n3c2)CC1. The van der Waals surface area contributed by atoms with Crippen molar-refractivity contribution in [3.8, 4) is 10.8 Å². The molecule has 12 nitrogen and oxygen atoms in total. The molecule has 1 aliphatic carbocycles. The van der Waals surface area contributed by atoms with Crippen LogP contribution in [-0.4, -0.2) is 80.5 Å². The summed E-state index contributed by atoms with van der Waals surface area (Å²) in [7, 11) is -3.90. The van der Waals surface area contributed by atoms with Gasteiger partial charge in [0.05, 0.1) is 17.4 Å². The summed E-state index contributed by atoms with van der Waals surface area (Å²) < 4.78 is 57.3. The Morgan fingerprint density at radius 1 is 1.18 bits per heavy atom. The molecular formula is C22H23F2N9O3S2. The molecule has 2 fully saturated rings. The molecule has 16 heteroatoms. The molecule has 1 saturated heterocycles. The average Bonchev–Trinajstić information content (AvgIpc) is 3.38. The lowest BCUT2D eigenvalue weighted by Gasteiger charge is -2.36. The number of aromatic nitrogens is 6. The fourth-order valence-electron chi connectivity index (χ4n) is 4.38. The van der Waals surface area contributed by atoms with E-state index in [4.69, 9.17) is 0 Å². The first-order chi connectivity index (χ1) is 18.1. The largest absolute Gasteiger partial charge is 0.366 e. The second-order valence-corrected chi connectivity index (χ2v) is 12.2. The van der Waals surface area contributed by atoms with E-state index in [9.17, 15) is 22.0 Å². The van der Waals surface area contributed by atoms with Gasteiger partial charge in [0.1, 0.15) is 4.90 Å². The minimum atomic E-state index is -3.90. The van der Waals surface area contributed by atoms with Gasteiger partial charge < -0.3 is 14.8 Å². The Hall–Kier alpha value is -3.50. The second-order valence-electron chi connectivity index (χ2n) is 9.53. The molecule has 5 heterocycles. The number of nitrogens with zero attached hydrogens (tertiary/aromatic N) is 7. The number of piperazine rings is 1. The number of halogens is 2. The summed E-state index contributed by atoms with van der Waals surface area (Å²) in [5, 5.41) is 7.11. The minimum absolute atomic E-state index is 0.0139. The first-order valence-corrected chi connectivity index (χ1v) is 14.1. The predicted molar refractivity (Wildman–Crippen MR) is 134 cm³/mol. The standard InChI is InChI=1S/C22H23F2N9O3S2/c1-22(2-3-22)30-38(35,36)13-10-14(31-6-8-32(9-7-31)21(34)17-25-4-5-26-17)15-11-27-18(33(15)12-13)20-29-28-19(37-20)16(23)24/h4-5,10-12,16,30H,2-3,6-9H2,1H3,(H,25,26). The summed E-state index contributed by atoms with van der Waals surface area (Å²) in [6.07, 6.45) is 4.79. The maximum Gasteiger partial charge on any atom is 0.291 e. The first kappa shape index (κ1) is 24.8. The highest BCUT2D eigenvalue weighted by Crippen LogP contribution is 2.37. The van der Waals surface area contributed by atoms with Crippen LogP contribution in [0.4, 0.5) is 14.5 Å². The van der Waals surface area contributed by atoms with Crippen molar-refractivity contribution in [2.24, 2.45) is 0 Å². The quantitative estimate of drug-likeness (QED) is 0.349. The Labute approximate surface area is 219 Å². The van der Waals surface area contributed by atoms with Crippen molar-refractivity contribution >= 4 is 38.5 Å². The molecule has 2 aliphatic rings. The van der Waals surface area contributed by atoms with E-state index in [0.717, 1.165) is 12.8 Å². The van der Waals surface area contributed by atoms with E-state index in [2.05, 4.69) is 29.9 Å². The van der Waals surface area contributed by atoms with Gasteiger partial charge in [0.15, 0.2) is 21.7 Å². The third kappa shape index (κ3) is 4.52. The average molecular weight is 564 g/mol. The van der Waals surface area contributed by atoms with Crippen LogP contribution in [0.2, 0.25) is 0 Å². The summed E-state index contributed by atoms with van der Waals surface area (Å²) in [6, 6.07) is 1.59. The van der Waals surface area contributed by atoms with Crippen LogP contribution in [0.15, 0.2) is 35.7 Å². The summed E-state index contributed by atoms with van der Waals surface area (Å²) >= 11 is 0.703. The topological polar surface area (TPSA) is 141 Å². The van der Waals surface area contributed by atoms with E-state index in [1.54, 1.807) is 27.8 Å². The fraction of sp³-hybridized carbons (Fsp3) is 0.409. The van der Waals surface area contributed by atoms with Crippen molar-refractivity contribution in [1.82, 2.24) is 39.2 Å². The summed E-state index contributed by atoms with van der Waals surface area (Å²) in [5.41, 5.74) is 0.682. The van der Waals surface area contributed by atoms with Gasteiger partial charge in [0, 0.05) is 50.3 Å². The van der Waals surface area contributed by atoms with Crippen LogP contribution in [0.25, 0.3) is 16.3 Å². The first-order valence-electron chi connectivity index (χ1n) is 11.8. The van der Waals surface area contributed by atoms with Crippen LogP contribution in [0.3, 0.4) is 0 Å². The number of imidazole rings is 2. The molecule has 4 aromatic heterocycles. The van der Waals surface area contributed by atoms with Gasteiger partial charge in [0.25, 0.3) is 12.3 Å². The summed E-state index contributed by atoms with van der Waals surface area (Å²) in [4.78, 5) is 27.6. The molecule has 0 unspecified atom stereocenters. The van der Waals surface area contributed by atoms with E-state index in [0.29, 0.717) is 48.7 Å². The summed E-state index contributed by atoms with van der Waals surface area (Å²) in [5.74, 6) is 0.261. The van der Waals surface area contributed by atoms with E-state index in [-0.39, 0.29) is 27.5 Å². The number of amides is 1. The smallest absolute Gasteiger partial charge is 0.291 e. The molecule has 1 saturated carbocycles. The lowest BCUT2D eigenvalue weighted by Crippen LogP contribution is -2.49. The van der Waals surface area contributed by atoms with Crippen molar-refractivity contribution in [2.45, 2.75) is 36.6 Å². The lowest BCUT2D eigenvalue weighted by atomic mass is 10.2. The Morgan fingerprint density at radius 2 is 1.95 bits per heavy atom. The zero-order valence-corrected chi connectivity index (χ0v) is 21.8. The molecule has 1 amide bonds.